The fraction of sp³-hybridized carbons (Fsp3) is 0.308. The zero-order valence-corrected chi connectivity index (χ0v) is 11.1. The number of para-hydroxylation sites is 1. The highest BCUT2D eigenvalue weighted by atomic mass is 32.2. The van der Waals surface area contributed by atoms with Crippen molar-refractivity contribution in [2.75, 3.05) is 18.6 Å². The Morgan fingerprint density at radius 2 is 2.00 bits per heavy atom. The second kappa shape index (κ2) is 5.46. The van der Waals surface area contributed by atoms with Crippen molar-refractivity contribution in [3.63, 3.8) is 0 Å². The summed E-state index contributed by atoms with van der Waals surface area (Å²) in [6.07, 6.45) is 3.01. The third-order valence-electron chi connectivity index (χ3n) is 2.68. The topological polar surface area (TPSA) is 59.1 Å². The molecular weight excluding hydrogens is 248 g/mol. The van der Waals surface area contributed by atoms with Gasteiger partial charge in [0.15, 0.2) is 0 Å². The van der Waals surface area contributed by atoms with E-state index in [9.17, 15) is 8.42 Å². The highest BCUT2D eigenvalue weighted by molar-refractivity contribution is 7.90. The molecular formula is C13H16N2O2S. The molecule has 0 fully saturated rings. The summed E-state index contributed by atoms with van der Waals surface area (Å²) in [7, 11) is -2.90. The molecule has 0 saturated heterocycles. The average Bonchev–Trinajstić information content (AvgIpc) is 2.33. The van der Waals surface area contributed by atoms with Crippen LogP contribution in [0.5, 0.6) is 0 Å². The fourth-order valence-corrected chi connectivity index (χ4v) is 2.31. The summed E-state index contributed by atoms with van der Waals surface area (Å²) in [5, 5.41) is 4.23. The van der Waals surface area contributed by atoms with Gasteiger partial charge in [-0.25, -0.2) is 8.42 Å². The lowest BCUT2D eigenvalue weighted by atomic mass is 10.1. The van der Waals surface area contributed by atoms with Crippen molar-refractivity contribution in [2.45, 2.75) is 6.54 Å². The molecule has 1 N–H and O–H groups in total. The van der Waals surface area contributed by atoms with Gasteiger partial charge >= 0.3 is 0 Å². The van der Waals surface area contributed by atoms with E-state index in [1.165, 1.54) is 6.26 Å². The van der Waals surface area contributed by atoms with Crippen LogP contribution in [0.2, 0.25) is 0 Å². The van der Waals surface area contributed by atoms with Gasteiger partial charge in [-0.1, -0.05) is 24.3 Å². The van der Waals surface area contributed by atoms with Gasteiger partial charge < -0.3 is 5.32 Å². The van der Waals surface area contributed by atoms with E-state index in [1.807, 2.05) is 30.3 Å². The fourth-order valence-electron chi connectivity index (χ4n) is 1.79. The molecule has 4 nitrogen and oxygen atoms in total. The van der Waals surface area contributed by atoms with Gasteiger partial charge in [-0.3, -0.25) is 4.98 Å². The van der Waals surface area contributed by atoms with Gasteiger partial charge in [0.25, 0.3) is 0 Å². The number of fused-ring (bicyclic) bond motifs is 1. The first kappa shape index (κ1) is 13.0. The molecule has 0 spiro atoms. The molecule has 0 bridgehead atoms. The lowest BCUT2D eigenvalue weighted by Crippen LogP contribution is -2.22. The number of rotatable bonds is 5. The van der Waals surface area contributed by atoms with Crippen molar-refractivity contribution < 1.29 is 8.42 Å². The lowest BCUT2D eigenvalue weighted by molar-refractivity contribution is 0.596. The molecule has 0 radical (unpaired) electrons. The number of benzene rings is 1. The van der Waals surface area contributed by atoms with Gasteiger partial charge in [0.05, 0.1) is 11.3 Å². The number of nitrogens with zero attached hydrogens (tertiary/aromatic N) is 1. The number of nitrogens with one attached hydrogen (secondary N) is 1. The molecule has 2 aromatic rings. The van der Waals surface area contributed by atoms with Crippen molar-refractivity contribution in [1.82, 2.24) is 10.3 Å². The Bertz CT molecular complexity index is 633. The van der Waals surface area contributed by atoms with Crippen LogP contribution in [0, 0.1) is 0 Å². The minimum absolute atomic E-state index is 0.158. The monoisotopic (exact) mass is 264 g/mol. The minimum atomic E-state index is -2.90. The van der Waals surface area contributed by atoms with Crippen LogP contribution in [0.25, 0.3) is 10.9 Å². The van der Waals surface area contributed by atoms with Crippen LogP contribution in [0.3, 0.4) is 0 Å². The Morgan fingerprint density at radius 1 is 1.22 bits per heavy atom. The van der Waals surface area contributed by atoms with Gasteiger partial charge in [0.1, 0.15) is 9.84 Å². The summed E-state index contributed by atoms with van der Waals surface area (Å²) < 4.78 is 22.0. The first-order valence-corrected chi connectivity index (χ1v) is 7.83. The van der Waals surface area contributed by atoms with Crippen LogP contribution < -0.4 is 5.32 Å². The first-order valence-electron chi connectivity index (χ1n) is 5.77. The summed E-state index contributed by atoms with van der Waals surface area (Å²) >= 11 is 0. The standard InChI is InChI=1S/C13H16N2O2S/c1-18(16,17)9-8-14-10-12-5-2-4-11-6-3-7-15-13(11)12/h2-7,14H,8-10H2,1H3. The smallest absolute Gasteiger partial charge is 0.148 e. The van der Waals surface area contributed by atoms with E-state index in [0.29, 0.717) is 13.1 Å². The normalized spacial score (nSPS) is 11.8. The molecule has 0 aliphatic rings. The predicted octanol–water partition coefficient (Wildman–Crippen LogP) is 1.37. The summed E-state index contributed by atoms with van der Waals surface area (Å²) in [4.78, 5) is 4.35. The molecule has 5 heteroatoms. The summed E-state index contributed by atoms with van der Waals surface area (Å²) in [6.45, 7) is 1.09. The maximum atomic E-state index is 11.0. The molecule has 0 amide bonds. The van der Waals surface area contributed by atoms with E-state index >= 15 is 0 Å². The number of sulfone groups is 1. The van der Waals surface area contributed by atoms with E-state index in [1.54, 1.807) is 6.20 Å². The van der Waals surface area contributed by atoms with Gasteiger partial charge in [-0.15, -0.1) is 0 Å². The summed E-state index contributed by atoms with van der Waals surface area (Å²) in [5.74, 6) is 0.158. The molecule has 2 rings (SSSR count). The molecule has 96 valence electrons. The molecule has 0 atom stereocenters. The molecule has 1 aromatic heterocycles. The van der Waals surface area contributed by atoms with E-state index in [0.717, 1.165) is 16.5 Å². The third-order valence-corrected chi connectivity index (χ3v) is 3.63. The molecule has 0 unspecified atom stereocenters. The molecule has 1 heterocycles. The highest BCUT2D eigenvalue weighted by Gasteiger charge is 2.03. The Labute approximate surface area is 107 Å². The Kier molecular flexibility index (Phi) is 3.93. The average molecular weight is 264 g/mol. The number of pyridine rings is 1. The van der Waals surface area contributed by atoms with Gasteiger partial charge in [-0.05, 0) is 11.6 Å². The SMILES string of the molecule is CS(=O)(=O)CCNCc1cccc2cccnc12. The molecule has 0 saturated carbocycles. The third kappa shape index (κ3) is 3.51. The van der Waals surface area contributed by atoms with Crippen LogP contribution in [0.15, 0.2) is 36.5 Å². The van der Waals surface area contributed by atoms with Crippen molar-refractivity contribution in [3.05, 3.63) is 42.1 Å². The Morgan fingerprint density at radius 3 is 2.78 bits per heavy atom. The Balaban J connectivity index is 2.04. The summed E-state index contributed by atoms with van der Waals surface area (Å²) in [6, 6.07) is 9.92. The predicted molar refractivity (Wildman–Crippen MR) is 73.2 cm³/mol. The van der Waals surface area contributed by atoms with E-state index in [2.05, 4.69) is 10.3 Å². The van der Waals surface area contributed by atoms with Gasteiger partial charge in [0.2, 0.25) is 0 Å². The second-order valence-electron chi connectivity index (χ2n) is 4.30. The van der Waals surface area contributed by atoms with Crippen LogP contribution in [-0.2, 0) is 16.4 Å². The molecule has 0 aliphatic heterocycles. The van der Waals surface area contributed by atoms with Gasteiger partial charge in [0, 0.05) is 30.9 Å². The summed E-state index contributed by atoms with van der Waals surface area (Å²) in [5.41, 5.74) is 2.05. The van der Waals surface area contributed by atoms with Crippen LogP contribution in [0.4, 0.5) is 0 Å². The van der Waals surface area contributed by atoms with E-state index in [-0.39, 0.29) is 5.75 Å². The molecule has 1 aromatic carbocycles. The maximum absolute atomic E-state index is 11.0. The second-order valence-corrected chi connectivity index (χ2v) is 6.56. The van der Waals surface area contributed by atoms with Crippen LogP contribution in [-0.4, -0.2) is 32.0 Å². The van der Waals surface area contributed by atoms with Crippen molar-refractivity contribution >= 4 is 20.7 Å². The first-order chi connectivity index (χ1) is 8.56. The zero-order valence-electron chi connectivity index (χ0n) is 10.3. The van der Waals surface area contributed by atoms with Crippen molar-refractivity contribution in [3.8, 4) is 0 Å². The van der Waals surface area contributed by atoms with Crippen molar-refractivity contribution in [1.29, 1.82) is 0 Å². The molecule has 18 heavy (non-hydrogen) atoms. The van der Waals surface area contributed by atoms with Crippen LogP contribution >= 0.6 is 0 Å². The minimum Gasteiger partial charge on any atom is -0.312 e. The van der Waals surface area contributed by atoms with Crippen LogP contribution in [0.1, 0.15) is 5.56 Å². The zero-order chi connectivity index (χ0) is 13.0. The van der Waals surface area contributed by atoms with Crippen molar-refractivity contribution in [2.24, 2.45) is 0 Å². The maximum Gasteiger partial charge on any atom is 0.148 e. The Hall–Kier alpha value is -1.46. The number of hydrogen-bond donors (Lipinski definition) is 1. The van der Waals surface area contributed by atoms with Gasteiger partial charge in [-0.2, -0.15) is 0 Å². The number of aromatic nitrogens is 1. The quantitative estimate of drug-likeness (QED) is 0.829. The highest BCUT2D eigenvalue weighted by Crippen LogP contribution is 2.15. The number of hydrogen-bond acceptors (Lipinski definition) is 4. The molecule has 0 aliphatic carbocycles. The lowest BCUT2D eigenvalue weighted by Gasteiger charge is -2.07. The largest absolute Gasteiger partial charge is 0.312 e. The van der Waals surface area contributed by atoms with E-state index < -0.39 is 9.84 Å². The van der Waals surface area contributed by atoms with E-state index in [4.69, 9.17) is 0 Å².